The summed E-state index contributed by atoms with van der Waals surface area (Å²) in [6, 6.07) is 10.1. The van der Waals surface area contributed by atoms with Crippen LogP contribution in [-0.2, 0) is 15.1 Å². The summed E-state index contributed by atoms with van der Waals surface area (Å²) in [6.07, 6.45) is 0.127. The molecule has 1 heterocycles. The monoisotopic (exact) mass is 296 g/mol. The van der Waals surface area contributed by atoms with Gasteiger partial charge in [-0.05, 0) is 12.1 Å². The summed E-state index contributed by atoms with van der Waals surface area (Å²) in [7, 11) is -4.56. The van der Waals surface area contributed by atoms with Crippen LogP contribution in [0.5, 0.6) is 11.5 Å². The molecule has 0 aliphatic carbocycles. The minimum absolute atomic E-state index is 0.0538. The van der Waals surface area contributed by atoms with E-state index in [-0.39, 0.29) is 11.9 Å². The van der Waals surface area contributed by atoms with Gasteiger partial charge in [-0.3, -0.25) is 4.55 Å². The molecule has 6 nitrogen and oxygen atoms in total. The van der Waals surface area contributed by atoms with Crippen molar-refractivity contribution in [3.8, 4) is 11.5 Å². The van der Waals surface area contributed by atoms with Gasteiger partial charge in [-0.15, -0.1) is 0 Å². The zero-order valence-electron chi connectivity index (χ0n) is 10.4. The fourth-order valence-corrected chi connectivity index (χ4v) is 2.28. The molecule has 0 spiro atoms. The molecule has 0 bridgehead atoms. The Labute approximate surface area is 115 Å². The first-order chi connectivity index (χ1) is 9.53. The van der Waals surface area contributed by atoms with Crippen molar-refractivity contribution in [1.82, 2.24) is 0 Å². The Balaban J connectivity index is 1.99. The summed E-state index contributed by atoms with van der Waals surface area (Å²) in [5.74, 6) is 0.664. The summed E-state index contributed by atoms with van der Waals surface area (Å²) < 4.78 is 45.7. The predicted molar refractivity (Wildman–Crippen MR) is 71.4 cm³/mol. The number of epoxide rings is 1. The fraction of sp³-hybridized carbons (Fsp3) is 0.231. The van der Waals surface area contributed by atoms with Crippen molar-refractivity contribution in [3.63, 3.8) is 0 Å². The molecule has 1 saturated heterocycles. The molecule has 0 saturated carbocycles. The van der Waals surface area contributed by atoms with E-state index in [2.05, 4.69) is 4.18 Å². The third kappa shape index (κ3) is 3.01. The number of benzene rings is 2. The van der Waals surface area contributed by atoms with Gasteiger partial charge in [0.05, 0.1) is 6.61 Å². The second-order valence-corrected chi connectivity index (χ2v) is 5.41. The average molecular weight is 296 g/mol. The minimum atomic E-state index is -4.56. The van der Waals surface area contributed by atoms with Crippen LogP contribution in [0.25, 0.3) is 10.8 Å². The van der Waals surface area contributed by atoms with Crippen LogP contribution in [0.15, 0.2) is 36.4 Å². The maximum absolute atomic E-state index is 10.8. The van der Waals surface area contributed by atoms with Gasteiger partial charge in [0.25, 0.3) is 0 Å². The number of rotatable bonds is 5. The van der Waals surface area contributed by atoms with Gasteiger partial charge in [0.1, 0.15) is 18.5 Å². The van der Waals surface area contributed by atoms with Gasteiger partial charge >= 0.3 is 10.4 Å². The molecule has 0 amide bonds. The molecule has 2 aromatic rings. The zero-order chi connectivity index (χ0) is 14.2. The van der Waals surface area contributed by atoms with Crippen molar-refractivity contribution in [1.29, 1.82) is 0 Å². The van der Waals surface area contributed by atoms with E-state index in [0.29, 0.717) is 29.7 Å². The standard InChI is InChI=1S/C13H12O6S/c14-20(15,16)19-13-6-5-12(18-8-9-7-17-9)10-3-1-2-4-11(10)13/h1-6,9H,7-8H2,(H,14,15,16). The Morgan fingerprint density at radius 1 is 1.15 bits per heavy atom. The number of ether oxygens (including phenoxy) is 2. The van der Waals surface area contributed by atoms with E-state index in [1.54, 1.807) is 30.3 Å². The third-order valence-corrected chi connectivity index (χ3v) is 3.26. The molecular weight excluding hydrogens is 284 g/mol. The average Bonchev–Trinajstić information content (AvgIpc) is 3.20. The highest BCUT2D eigenvalue weighted by Crippen LogP contribution is 2.34. The molecule has 1 aliphatic rings. The Bertz CT molecular complexity index is 736. The van der Waals surface area contributed by atoms with E-state index < -0.39 is 10.4 Å². The molecule has 1 fully saturated rings. The van der Waals surface area contributed by atoms with Crippen molar-refractivity contribution in [2.45, 2.75) is 6.10 Å². The quantitative estimate of drug-likeness (QED) is 0.669. The largest absolute Gasteiger partial charge is 0.490 e. The molecule has 1 atom stereocenters. The summed E-state index contributed by atoms with van der Waals surface area (Å²) >= 11 is 0. The lowest BCUT2D eigenvalue weighted by Gasteiger charge is -2.11. The van der Waals surface area contributed by atoms with Crippen LogP contribution in [0, 0.1) is 0 Å². The zero-order valence-corrected chi connectivity index (χ0v) is 11.2. The van der Waals surface area contributed by atoms with Gasteiger partial charge in [-0.2, -0.15) is 8.42 Å². The minimum Gasteiger partial charge on any atom is -0.490 e. The van der Waals surface area contributed by atoms with E-state index in [1.807, 2.05) is 0 Å². The van der Waals surface area contributed by atoms with Crippen LogP contribution in [0.4, 0.5) is 0 Å². The Kier molecular flexibility index (Phi) is 3.25. The molecular formula is C13H12O6S. The third-order valence-electron chi connectivity index (χ3n) is 2.87. The molecule has 1 N–H and O–H groups in total. The molecule has 0 radical (unpaired) electrons. The highest BCUT2D eigenvalue weighted by molar-refractivity contribution is 7.81. The molecule has 1 aliphatic heterocycles. The first kappa shape index (κ1) is 13.2. The van der Waals surface area contributed by atoms with Gasteiger partial charge in [-0.25, -0.2) is 0 Å². The van der Waals surface area contributed by atoms with Gasteiger partial charge in [0, 0.05) is 10.8 Å². The van der Waals surface area contributed by atoms with Gasteiger partial charge in [0.2, 0.25) is 0 Å². The lowest BCUT2D eigenvalue weighted by atomic mass is 10.1. The van der Waals surface area contributed by atoms with E-state index in [9.17, 15) is 8.42 Å². The number of fused-ring (bicyclic) bond motifs is 1. The highest BCUT2D eigenvalue weighted by Gasteiger charge is 2.23. The SMILES string of the molecule is O=S(=O)(O)Oc1ccc(OCC2CO2)c2ccccc12. The summed E-state index contributed by atoms with van der Waals surface area (Å²) in [5, 5.41) is 1.24. The smallest absolute Gasteiger partial charge is 0.446 e. The number of hydrogen-bond acceptors (Lipinski definition) is 5. The van der Waals surface area contributed by atoms with Crippen LogP contribution in [0.2, 0.25) is 0 Å². The summed E-state index contributed by atoms with van der Waals surface area (Å²) in [5.41, 5.74) is 0. The van der Waals surface area contributed by atoms with Gasteiger partial charge < -0.3 is 13.7 Å². The molecule has 20 heavy (non-hydrogen) atoms. The fourth-order valence-electron chi connectivity index (χ4n) is 1.90. The van der Waals surface area contributed by atoms with Gasteiger partial charge in [-0.1, -0.05) is 24.3 Å². The van der Waals surface area contributed by atoms with Crippen molar-refractivity contribution in [2.24, 2.45) is 0 Å². The second-order valence-electron chi connectivity index (χ2n) is 4.38. The van der Waals surface area contributed by atoms with Crippen molar-refractivity contribution in [3.05, 3.63) is 36.4 Å². The molecule has 0 aromatic heterocycles. The molecule has 2 aromatic carbocycles. The highest BCUT2D eigenvalue weighted by atomic mass is 32.3. The Morgan fingerprint density at radius 2 is 1.75 bits per heavy atom. The first-order valence-corrected chi connectivity index (χ1v) is 7.32. The Hall–Kier alpha value is -1.83. The first-order valence-electron chi connectivity index (χ1n) is 5.96. The van der Waals surface area contributed by atoms with Gasteiger partial charge in [0.15, 0.2) is 5.75 Å². The summed E-state index contributed by atoms with van der Waals surface area (Å²) in [4.78, 5) is 0. The lowest BCUT2D eigenvalue weighted by molar-refractivity contribution is 0.265. The topological polar surface area (TPSA) is 85.4 Å². The van der Waals surface area contributed by atoms with Crippen molar-refractivity contribution < 1.29 is 26.6 Å². The second kappa shape index (κ2) is 4.93. The van der Waals surface area contributed by atoms with E-state index >= 15 is 0 Å². The lowest BCUT2D eigenvalue weighted by Crippen LogP contribution is -2.08. The van der Waals surface area contributed by atoms with Crippen molar-refractivity contribution >= 4 is 21.2 Å². The number of hydrogen-bond donors (Lipinski definition) is 1. The molecule has 1 unspecified atom stereocenters. The molecule has 7 heteroatoms. The van der Waals surface area contributed by atoms with Crippen LogP contribution in [0.1, 0.15) is 0 Å². The molecule has 3 rings (SSSR count). The normalized spacial score (nSPS) is 17.9. The maximum atomic E-state index is 10.8. The van der Waals surface area contributed by atoms with Crippen LogP contribution >= 0.6 is 0 Å². The van der Waals surface area contributed by atoms with Crippen LogP contribution < -0.4 is 8.92 Å². The summed E-state index contributed by atoms with van der Waals surface area (Å²) in [6.45, 7) is 1.14. The van der Waals surface area contributed by atoms with Crippen LogP contribution in [0.3, 0.4) is 0 Å². The van der Waals surface area contributed by atoms with E-state index in [1.165, 1.54) is 6.07 Å². The predicted octanol–water partition coefficient (Wildman–Crippen LogP) is 1.80. The Morgan fingerprint density at radius 3 is 2.35 bits per heavy atom. The maximum Gasteiger partial charge on any atom is 0.446 e. The van der Waals surface area contributed by atoms with Crippen LogP contribution in [-0.4, -0.2) is 32.3 Å². The molecule has 106 valence electrons. The van der Waals surface area contributed by atoms with E-state index in [4.69, 9.17) is 14.0 Å². The van der Waals surface area contributed by atoms with Crippen molar-refractivity contribution in [2.75, 3.05) is 13.2 Å². The van der Waals surface area contributed by atoms with E-state index in [0.717, 1.165) is 0 Å².